The molecular weight excluding hydrogens is 408 g/mol. The monoisotopic (exact) mass is 424 g/mol. The molecule has 9 heteroatoms. The fraction of sp³-hybridized carbons (Fsp3) is 0.524. The van der Waals surface area contributed by atoms with E-state index in [1.54, 1.807) is 24.3 Å². The molecule has 0 amide bonds. The number of benzene rings is 1. The Labute approximate surface area is 178 Å². The first-order valence-corrected chi connectivity index (χ1v) is 10.0. The highest BCUT2D eigenvalue weighted by Gasteiger charge is 2.82. The summed E-state index contributed by atoms with van der Waals surface area (Å²) < 4.78 is 24.0. The van der Waals surface area contributed by atoms with E-state index in [4.69, 9.17) is 36.0 Å². The Balaban J connectivity index is 1.72. The number of ether oxygens (including phenoxy) is 4. The number of hydrogen-bond acceptors (Lipinski definition) is 8. The first kappa shape index (κ1) is 19.3. The molecule has 1 aliphatic carbocycles. The van der Waals surface area contributed by atoms with Gasteiger partial charge < -0.3 is 18.9 Å². The topological polar surface area (TPSA) is 132 Å². The minimum Gasteiger partial charge on any atom is -0.447 e. The molecule has 8 nitrogen and oxygen atoms in total. The van der Waals surface area contributed by atoms with Crippen LogP contribution in [0, 0.1) is 56.2 Å². The molecule has 30 heavy (non-hydrogen) atoms. The molecule has 4 unspecified atom stereocenters. The predicted octanol–water partition coefficient (Wildman–Crippen LogP) is 3.20. The molecule has 1 saturated carbocycles. The highest BCUT2D eigenvalue weighted by Crippen LogP contribution is 2.70. The molecule has 3 aliphatic heterocycles. The fourth-order valence-electron chi connectivity index (χ4n) is 5.49. The van der Waals surface area contributed by atoms with Crippen molar-refractivity contribution < 1.29 is 18.9 Å². The van der Waals surface area contributed by atoms with Crippen LogP contribution in [0.1, 0.15) is 30.9 Å². The van der Waals surface area contributed by atoms with Gasteiger partial charge in [-0.1, -0.05) is 23.7 Å². The highest BCUT2D eigenvalue weighted by atomic mass is 35.5. The van der Waals surface area contributed by atoms with E-state index in [1.165, 1.54) is 0 Å². The third-order valence-corrected chi connectivity index (χ3v) is 7.16. The molecule has 4 fully saturated rings. The molecule has 1 aromatic rings. The number of nitriles is 3. The molecule has 5 rings (SSSR count). The van der Waals surface area contributed by atoms with Crippen molar-refractivity contribution in [1.29, 1.82) is 21.2 Å². The van der Waals surface area contributed by atoms with Crippen molar-refractivity contribution in [2.45, 2.75) is 36.9 Å². The molecule has 1 N–H and O–H groups in total. The zero-order chi connectivity index (χ0) is 21.2. The average Bonchev–Trinajstić information content (AvgIpc) is 3.28. The summed E-state index contributed by atoms with van der Waals surface area (Å²) in [6, 6.07) is 12.8. The maximum Gasteiger partial charge on any atom is 0.218 e. The standard InChI is InChI=1S/C21H17ClN4O4/c22-14-3-1-13(2-4-14)16-18(10-23,11-24)20(12-25)15-9-19(27-7-8-28-19)5-6-21(15,29-16)30-17(20)26/h1-4,15-16,26H,5-9H2. The van der Waals surface area contributed by atoms with Crippen LogP contribution in [0.15, 0.2) is 24.3 Å². The Bertz CT molecular complexity index is 1030. The van der Waals surface area contributed by atoms with Crippen LogP contribution < -0.4 is 0 Å². The van der Waals surface area contributed by atoms with E-state index >= 15 is 0 Å². The molecule has 3 heterocycles. The molecule has 3 saturated heterocycles. The summed E-state index contributed by atoms with van der Waals surface area (Å²) in [6.07, 6.45) is -0.137. The molecule has 0 radical (unpaired) electrons. The normalized spacial score (nSPS) is 37.5. The van der Waals surface area contributed by atoms with Gasteiger partial charge in [-0.2, -0.15) is 15.8 Å². The van der Waals surface area contributed by atoms with E-state index in [1.807, 2.05) is 12.1 Å². The van der Waals surface area contributed by atoms with Crippen LogP contribution in [-0.4, -0.2) is 30.7 Å². The minimum absolute atomic E-state index is 0.196. The fourth-order valence-corrected chi connectivity index (χ4v) is 5.61. The Kier molecular flexibility index (Phi) is 3.97. The van der Waals surface area contributed by atoms with Crippen LogP contribution in [0.3, 0.4) is 0 Å². The van der Waals surface area contributed by atoms with E-state index < -0.39 is 40.3 Å². The van der Waals surface area contributed by atoms with Crippen LogP contribution in [0.4, 0.5) is 0 Å². The molecule has 152 valence electrons. The van der Waals surface area contributed by atoms with Gasteiger partial charge in [0.2, 0.25) is 17.1 Å². The van der Waals surface area contributed by atoms with Gasteiger partial charge in [-0.25, -0.2) is 0 Å². The van der Waals surface area contributed by atoms with E-state index in [2.05, 4.69) is 6.07 Å². The Morgan fingerprint density at radius 2 is 1.67 bits per heavy atom. The Morgan fingerprint density at radius 1 is 1.00 bits per heavy atom. The van der Waals surface area contributed by atoms with Crippen molar-refractivity contribution in [3.63, 3.8) is 0 Å². The van der Waals surface area contributed by atoms with Crippen LogP contribution in [0.25, 0.3) is 0 Å². The maximum atomic E-state index is 10.4. The summed E-state index contributed by atoms with van der Waals surface area (Å²) in [5.41, 5.74) is -3.32. The van der Waals surface area contributed by atoms with Gasteiger partial charge in [-0.05, 0) is 17.7 Å². The summed E-state index contributed by atoms with van der Waals surface area (Å²) in [5, 5.41) is 40.0. The van der Waals surface area contributed by atoms with Crippen LogP contribution >= 0.6 is 11.6 Å². The second kappa shape index (κ2) is 6.17. The molecule has 0 aromatic heterocycles. The average molecular weight is 425 g/mol. The lowest BCUT2D eigenvalue weighted by Gasteiger charge is -2.54. The number of rotatable bonds is 1. The highest BCUT2D eigenvalue weighted by molar-refractivity contribution is 6.30. The van der Waals surface area contributed by atoms with Gasteiger partial charge in [-0.3, -0.25) is 5.41 Å². The van der Waals surface area contributed by atoms with Crippen molar-refractivity contribution in [2.75, 3.05) is 13.2 Å². The second-order valence-corrected chi connectivity index (χ2v) is 8.54. The molecule has 2 bridgehead atoms. The van der Waals surface area contributed by atoms with Crippen molar-refractivity contribution in [3.8, 4) is 18.2 Å². The minimum atomic E-state index is -2.01. The maximum absolute atomic E-state index is 10.4. The van der Waals surface area contributed by atoms with Crippen molar-refractivity contribution >= 4 is 17.5 Å². The van der Waals surface area contributed by atoms with Gasteiger partial charge in [0, 0.05) is 24.3 Å². The zero-order valence-electron chi connectivity index (χ0n) is 15.9. The molecule has 4 atom stereocenters. The SMILES string of the molecule is N#CC1(C#N)C(c2ccc(Cl)cc2)OC23CCC4(CC2C1(C#N)C(=N)O3)OCCO4. The van der Waals surface area contributed by atoms with Gasteiger partial charge in [0.15, 0.2) is 11.2 Å². The summed E-state index contributed by atoms with van der Waals surface area (Å²) >= 11 is 6.01. The summed E-state index contributed by atoms with van der Waals surface area (Å²) in [7, 11) is 0. The zero-order valence-corrected chi connectivity index (χ0v) is 16.6. The summed E-state index contributed by atoms with van der Waals surface area (Å²) in [4.78, 5) is 0. The van der Waals surface area contributed by atoms with Gasteiger partial charge in [0.05, 0.1) is 37.3 Å². The van der Waals surface area contributed by atoms with Gasteiger partial charge in [0.25, 0.3) is 0 Å². The quantitative estimate of drug-likeness (QED) is 0.731. The van der Waals surface area contributed by atoms with Gasteiger partial charge >= 0.3 is 0 Å². The number of nitrogens with zero attached hydrogens (tertiary/aromatic N) is 3. The molecule has 4 aliphatic rings. The van der Waals surface area contributed by atoms with Gasteiger partial charge in [0.1, 0.15) is 6.10 Å². The van der Waals surface area contributed by atoms with Crippen molar-refractivity contribution in [1.82, 2.24) is 0 Å². The van der Waals surface area contributed by atoms with E-state index in [0.29, 0.717) is 36.6 Å². The smallest absolute Gasteiger partial charge is 0.218 e. The number of nitrogens with one attached hydrogen (secondary N) is 1. The van der Waals surface area contributed by atoms with Gasteiger partial charge in [-0.15, -0.1) is 0 Å². The summed E-state index contributed by atoms with van der Waals surface area (Å²) in [6.45, 7) is 0.848. The number of halogens is 1. The van der Waals surface area contributed by atoms with Crippen molar-refractivity contribution in [3.05, 3.63) is 34.9 Å². The van der Waals surface area contributed by atoms with Crippen LogP contribution in [0.2, 0.25) is 5.02 Å². The molecular formula is C21H17ClN4O4. The third-order valence-electron chi connectivity index (χ3n) is 6.90. The lowest BCUT2D eigenvalue weighted by Crippen LogP contribution is -2.63. The second-order valence-electron chi connectivity index (χ2n) is 8.11. The predicted molar refractivity (Wildman–Crippen MR) is 101 cm³/mol. The van der Waals surface area contributed by atoms with E-state index in [0.717, 1.165) is 0 Å². The number of hydrogen-bond donors (Lipinski definition) is 1. The van der Waals surface area contributed by atoms with E-state index in [-0.39, 0.29) is 6.42 Å². The van der Waals surface area contributed by atoms with Crippen molar-refractivity contribution in [2.24, 2.45) is 16.7 Å². The van der Waals surface area contributed by atoms with Crippen LogP contribution in [-0.2, 0) is 18.9 Å². The lowest BCUT2D eigenvalue weighted by atomic mass is 9.51. The first-order valence-electron chi connectivity index (χ1n) is 9.64. The molecule has 1 spiro atoms. The van der Waals surface area contributed by atoms with Crippen LogP contribution in [0.5, 0.6) is 0 Å². The largest absolute Gasteiger partial charge is 0.447 e. The molecule has 1 aromatic carbocycles. The Morgan fingerprint density at radius 3 is 2.27 bits per heavy atom. The Hall–Kier alpha value is -2.67. The van der Waals surface area contributed by atoms with E-state index in [9.17, 15) is 15.8 Å². The third kappa shape index (κ3) is 2.11. The first-order chi connectivity index (χ1) is 14.4. The summed E-state index contributed by atoms with van der Waals surface area (Å²) in [5.74, 6) is -3.41. The lowest BCUT2D eigenvalue weighted by molar-refractivity contribution is -0.330.